The molecule has 27 heavy (non-hydrogen) atoms. The Morgan fingerprint density at radius 1 is 1.33 bits per heavy atom. The highest BCUT2D eigenvalue weighted by Crippen LogP contribution is 2.24. The minimum Gasteiger partial charge on any atom is -0.352 e. The fourth-order valence-electron chi connectivity index (χ4n) is 3.39. The molecule has 0 aliphatic carbocycles. The molecule has 3 heterocycles. The number of hydrogen-bond acceptors (Lipinski definition) is 5. The van der Waals surface area contributed by atoms with Crippen molar-refractivity contribution in [3.05, 3.63) is 51.2 Å². The molecule has 0 fully saturated rings. The second-order valence-corrected chi connectivity index (χ2v) is 8.95. The number of aryl methyl sites for hydroxylation is 1. The van der Waals surface area contributed by atoms with Gasteiger partial charge in [0.15, 0.2) is 0 Å². The molecule has 140 valence electrons. The monoisotopic (exact) mass is 399 g/mol. The van der Waals surface area contributed by atoms with Gasteiger partial charge in [-0.1, -0.05) is 12.1 Å². The van der Waals surface area contributed by atoms with E-state index in [0.29, 0.717) is 13.0 Å². The number of benzene rings is 1. The molecule has 1 aromatic carbocycles. The number of para-hydroxylation sites is 1. The molecule has 0 bridgehead atoms. The lowest BCUT2D eigenvalue weighted by molar-refractivity contribution is -0.122. The van der Waals surface area contributed by atoms with Crippen LogP contribution in [0.2, 0.25) is 0 Å². The zero-order chi connectivity index (χ0) is 18.8. The number of rotatable bonds is 5. The van der Waals surface area contributed by atoms with E-state index >= 15 is 0 Å². The van der Waals surface area contributed by atoms with E-state index in [1.54, 1.807) is 27.6 Å². The first kappa shape index (κ1) is 18.1. The zero-order valence-corrected chi connectivity index (χ0v) is 16.7. The van der Waals surface area contributed by atoms with Gasteiger partial charge < -0.3 is 10.2 Å². The quantitative estimate of drug-likeness (QED) is 0.714. The highest BCUT2D eigenvalue weighted by molar-refractivity contribution is 7.18. The summed E-state index contributed by atoms with van der Waals surface area (Å²) in [4.78, 5) is 32.5. The normalized spacial score (nSPS) is 15.4. The molecule has 3 aromatic rings. The lowest BCUT2D eigenvalue weighted by atomic mass is 10.2. The third-order valence-electron chi connectivity index (χ3n) is 4.66. The van der Waals surface area contributed by atoms with Crippen LogP contribution in [0.5, 0.6) is 0 Å². The molecular formula is C20H21N3O2S2. The van der Waals surface area contributed by atoms with Crippen LogP contribution in [0.1, 0.15) is 33.6 Å². The van der Waals surface area contributed by atoms with Crippen molar-refractivity contribution >= 4 is 44.7 Å². The Hall–Kier alpha value is -2.25. The standard InChI is InChI=1S/C20H21N3O2S2/c1-13(11-19-22-15-5-2-3-6-17(15)27-19)21-18(24)12-23-9-4-7-16-14(20(23)25)8-10-26-16/h2-3,5-6,8,10,13H,4,7,9,11-12H2,1H3,(H,21,24)/t13-/m0/s1. The molecule has 1 atom stereocenters. The molecule has 0 saturated heterocycles. The summed E-state index contributed by atoms with van der Waals surface area (Å²) in [5, 5.41) is 5.98. The van der Waals surface area contributed by atoms with Gasteiger partial charge >= 0.3 is 0 Å². The maximum atomic E-state index is 12.7. The van der Waals surface area contributed by atoms with Crippen molar-refractivity contribution in [1.29, 1.82) is 0 Å². The van der Waals surface area contributed by atoms with Crippen molar-refractivity contribution in [2.24, 2.45) is 0 Å². The van der Waals surface area contributed by atoms with Crippen LogP contribution in [-0.4, -0.2) is 40.8 Å². The Morgan fingerprint density at radius 2 is 2.19 bits per heavy atom. The predicted octanol–water partition coefficient (Wildman–Crippen LogP) is 3.49. The number of thiophene rings is 1. The average Bonchev–Trinajstić information content (AvgIpc) is 3.23. The van der Waals surface area contributed by atoms with Crippen molar-refractivity contribution in [3.8, 4) is 0 Å². The Kier molecular flexibility index (Phi) is 5.22. The van der Waals surface area contributed by atoms with Gasteiger partial charge in [0, 0.05) is 23.9 Å². The van der Waals surface area contributed by atoms with Crippen molar-refractivity contribution in [2.45, 2.75) is 32.2 Å². The molecule has 0 saturated carbocycles. The van der Waals surface area contributed by atoms with Gasteiger partial charge in [0.05, 0.1) is 27.3 Å². The number of amides is 2. The smallest absolute Gasteiger partial charge is 0.255 e. The number of carbonyl (C=O) groups is 2. The highest BCUT2D eigenvalue weighted by atomic mass is 32.1. The first-order chi connectivity index (χ1) is 13.1. The third-order valence-corrected chi connectivity index (χ3v) is 6.70. The average molecular weight is 400 g/mol. The first-order valence-electron chi connectivity index (χ1n) is 9.09. The van der Waals surface area contributed by atoms with Gasteiger partial charge in [-0.05, 0) is 43.3 Å². The molecule has 4 rings (SSSR count). The fraction of sp³-hybridized carbons (Fsp3) is 0.350. The summed E-state index contributed by atoms with van der Waals surface area (Å²) in [6.07, 6.45) is 2.49. The minimum absolute atomic E-state index is 0.0299. The van der Waals surface area contributed by atoms with E-state index in [0.717, 1.165) is 38.5 Å². The molecule has 2 amide bonds. The summed E-state index contributed by atoms with van der Waals surface area (Å²) < 4.78 is 1.16. The number of fused-ring (bicyclic) bond motifs is 2. The van der Waals surface area contributed by atoms with Crippen molar-refractivity contribution in [1.82, 2.24) is 15.2 Å². The highest BCUT2D eigenvalue weighted by Gasteiger charge is 2.25. The van der Waals surface area contributed by atoms with Crippen LogP contribution in [0.15, 0.2) is 35.7 Å². The number of aromatic nitrogens is 1. The van der Waals surface area contributed by atoms with E-state index in [-0.39, 0.29) is 24.4 Å². The number of thiazole rings is 1. The summed E-state index contributed by atoms with van der Waals surface area (Å²) >= 11 is 3.28. The van der Waals surface area contributed by atoms with Crippen molar-refractivity contribution < 1.29 is 9.59 Å². The number of carbonyl (C=O) groups excluding carboxylic acids is 2. The zero-order valence-electron chi connectivity index (χ0n) is 15.1. The van der Waals surface area contributed by atoms with Gasteiger partial charge in [-0.25, -0.2) is 4.98 Å². The van der Waals surface area contributed by atoms with E-state index in [2.05, 4.69) is 16.4 Å². The van der Waals surface area contributed by atoms with Gasteiger partial charge in [-0.15, -0.1) is 22.7 Å². The summed E-state index contributed by atoms with van der Waals surface area (Å²) in [7, 11) is 0. The second-order valence-electron chi connectivity index (χ2n) is 6.84. The van der Waals surface area contributed by atoms with Gasteiger partial charge in [0.1, 0.15) is 0 Å². The van der Waals surface area contributed by atoms with Crippen molar-refractivity contribution in [3.63, 3.8) is 0 Å². The van der Waals surface area contributed by atoms with Gasteiger partial charge in [0.25, 0.3) is 5.91 Å². The lowest BCUT2D eigenvalue weighted by Gasteiger charge is -2.21. The third kappa shape index (κ3) is 4.04. The van der Waals surface area contributed by atoms with E-state index < -0.39 is 0 Å². The molecule has 5 nitrogen and oxygen atoms in total. The molecule has 1 aliphatic rings. The Labute approximate surface area is 166 Å². The Balaban J connectivity index is 1.35. The minimum atomic E-state index is -0.115. The van der Waals surface area contributed by atoms with Crippen LogP contribution in [0.3, 0.4) is 0 Å². The Bertz CT molecular complexity index is 945. The van der Waals surface area contributed by atoms with Crippen LogP contribution in [0.4, 0.5) is 0 Å². The van der Waals surface area contributed by atoms with Gasteiger partial charge in [-0.2, -0.15) is 0 Å². The molecule has 1 N–H and O–H groups in total. The molecule has 2 aromatic heterocycles. The molecule has 0 unspecified atom stereocenters. The molecule has 1 aliphatic heterocycles. The molecule has 0 radical (unpaired) electrons. The van der Waals surface area contributed by atoms with Crippen LogP contribution in [-0.2, 0) is 17.6 Å². The number of hydrogen-bond donors (Lipinski definition) is 1. The van der Waals surface area contributed by atoms with Crippen LogP contribution >= 0.6 is 22.7 Å². The summed E-state index contributed by atoms with van der Waals surface area (Å²) in [6, 6.07) is 9.89. The van der Waals surface area contributed by atoms with E-state index in [1.165, 1.54) is 0 Å². The van der Waals surface area contributed by atoms with E-state index in [9.17, 15) is 9.59 Å². The largest absolute Gasteiger partial charge is 0.352 e. The van der Waals surface area contributed by atoms with E-state index in [4.69, 9.17) is 0 Å². The Morgan fingerprint density at radius 3 is 3.04 bits per heavy atom. The maximum Gasteiger partial charge on any atom is 0.255 e. The SMILES string of the molecule is C[C@@H](Cc1nc2ccccc2s1)NC(=O)CN1CCCc2sccc2C1=O. The van der Waals surface area contributed by atoms with Crippen LogP contribution < -0.4 is 5.32 Å². The van der Waals surface area contributed by atoms with Gasteiger partial charge in [-0.3, -0.25) is 9.59 Å². The molecular weight excluding hydrogens is 378 g/mol. The molecule has 0 spiro atoms. The number of nitrogens with zero attached hydrogens (tertiary/aromatic N) is 2. The van der Waals surface area contributed by atoms with Crippen LogP contribution in [0.25, 0.3) is 10.2 Å². The summed E-state index contributed by atoms with van der Waals surface area (Å²) in [5.74, 6) is -0.145. The first-order valence-corrected chi connectivity index (χ1v) is 10.8. The lowest BCUT2D eigenvalue weighted by Crippen LogP contribution is -2.44. The second kappa shape index (κ2) is 7.78. The topological polar surface area (TPSA) is 62.3 Å². The number of nitrogens with one attached hydrogen (secondary N) is 1. The fourth-order valence-corrected chi connectivity index (χ4v) is 5.40. The molecule has 7 heteroatoms. The van der Waals surface area contributed by atoms with Crippen LogP contribution in [0, 0.1) is 0 Å². The predicted molar refractivity (Wildman–Crippen MR) is 109 cm³/mol. The summed E-state index contributed by atoms with van der Waals surface area (Å²) in [6.45, 7) is 2.71. The van der Waals surface area contributed by atoms with E-state index in [1.807, 2.05) is 36.6 Å². The summed E-state index contributed by atoms with van der Waals surface area (Å²) in [5.41, 5.74) is 1.76. The van der Waals surface area contributed by atoms with Crippen molar-refractivity contribution in [2.75, 3.05) is 13.1 Å². The van der Waals surface area contributed by atoms with Gasteiger partial charge in [0.2, 0.25) is 5.91 Å². The maximum absolute atomic E-state index is 12.7.